The zero-order chi connectivity index (χ0) is 16.1. The number of hydrogen-bond donors (Lipinski definition) is 0. The van der Waals surface area contributed by atoms with E-state index in [2.05, 4.69) is 58.3 Å². The number of carbonyl (C=O) groups excluding carboxylic acids is 1. The van der Waals surface area contributed by atoms with Gasteiger partial charge in [-0.1, -0.05) is 48.5 Å². The summed E-state index contributed by atoms with van der Waals surface area (Å²) in [5.74, 6) is 0.857. The van der Waals surface area contributed by atoms with Crippen molar-refractivity contribution >= 4 is 11.6 Å². The van der Waals surface area contributed by atoms with E-state index in [4.69, 9.17) is 0 Å². The second kappa shape index (κ2) is 5.45. The van der Waals surface area contributed by atoms with E-state index in [1.807, 2.05) is 0 Å². The van der Waals surface area contributed by atoms with Crippen LogP contribution in [-0.4, -0.2) is 30.4 Å². The van der Waals surface area contributed by atoms with Crippen molar-refractivity contribution < 1.29 is 4.79 Å². The maximum Gasteiger partial charge on any atom is 0.232 e. The van der Waals surface area contributed by atoms with E-state index in [9.17, 15) is 4.79 Å². The van der Waals surface area contributed by atoms with Gasteiger partial charge in [-0.2, -0.15) is 0 Å². The maximum absolute atomic E-state index is 13.1. The monoisotopic (exact) mass is 318 g/mol. The van der Waals surface area contributed by atoms with Crippen LogP contribution in [0.3, 0.4) is 0 Å². The van der Waals surface area contributed by atoms with Crippen molar-refractivity contribution in [2.24, 2.45) is 5.92 Å². The number of para-hydroxylation sites is 1. The molecule has 2 aromatic rings. The van der Waals surface area contributed by atoms with Gasteiger partial charge in [0.15, 0.2) is 0 Å². The lowest BCUT2D eigenvalue weighted by atomic mass is 9.80. The Morgan fingerprint density at radius 3 is 2.67 bits per heavy atom. The molecule has 0 bridgehead atoms. The van der Waals surface area contributed by atoms with Gasteiger partial charge >= 0.3 is 0 Å². The van der Waals surface area contributed by atoms with Crippen molar-refractivity contribution in [1.82, 2.24) is 4.90 Å². The minimum Gasteiger partial charge on any atom is -0.312 e. The molecule has 3 heterocycles. The largest absolute Gasteiger partial charge is 0.312 e. The molecule has 3 aliphatic rings. The topological polar surface area (TPSA) is 23.6 Å². The molecule has 0 aromatic heterocycles. The molecule has 0 radical (unpaired) electrons. The zero-order valence-corrected chi connectivity index (χ0v) is 13.8. The van der Waals surface area contributed by atoms with E-state index in [0.29, 0.717) is 11.8 Å². The molecular weight excluding hydrogens is 296 g/mol. The van der Waals surface area contributed by atoms with E-state index in [0.717, 1.165) is 39.0 Å². The van der Waals surface area contributed by atoms with Gasteiger partial charge in [0.2, 0.25) is 5.91 Å². The smallest absolute Gasteiger partial charge is 0.232 e. The molecule has 3 nitrogen and oxygen atoms in total. The first-order valence-electron chi connectivity index (χ1n) is 9.01. The molecule has 0 spiro atoms. The number of fused-ring (bicyclic) bond motifs is 2. The number of anilines is 1. The quantitative estimate of drug-likeness (QED) is 0.849. The Kier molecular flexibility index (Phi) is 3.23. The highest BCUT2D eigenvalue weighted by atomic mass is 16.2. The average molecular weight is 318 g/mol. The summed E-state index contributed by atoms with van der Waals surface area (Å²) < 4.78 is 0. The first-order chi connectivity index (χ1) is 11.8. The van der Waals surface area contributed by atoms with Crippen LogP contribution in [0.5, 0.6) is 0 Å². The molecule has 0 aliphatic carbocycles. The van der Waals surface area contributed by atoms with Crippen LogP contribution in [0.4, 0.5) is 5.69 Å². The summed E-state index contributed by atoms with van der Waals surface area (Å²) in [6.07, 6.45) is 2.20. The molecule has 0 N–H and O–H groups in total. The molecule has 1 unspecified atom stereocenters. The van der Waals surface area contributed by atoms with Gasteiger partial charge in [-0.05, 0) is 29.5 Å². The summed E-state index contributed by atoms with van der Waals surface area (Å²) in [5, 5.41) is 0. The minimum atomic E-state index is 0.134. The number of amides is 1. The van der Waals surface area contributed by atoms with Crippen LogP contribution >= 0.6 is 0 Å². The highest BCUT2D eigenvalue weighted by molar-refractivity contribution is 6.00. The predicted octanol–water partition coefficient (Wildman–Crippen LogP) is 3.20. The van der Waals surface area contributed by atoms with Gasteiger partial charge in [-0.3, -0.25) is 9.69 Å². The molecule has 0 saturated carbocycles. The standard InChI is InChI=1S/C21H22N2O/c24-21-19-14-22(12-15-6-2-1-3-7-15)13-18(19)17-10-4-8-16-9-5-11-23(21)20(16)17/h1-4,6-8,10,18-19H,5,9,11-14H2/t18-,19?/m0/s1. The SMILES string of the molecule is O=C1C2CN(Cc3ccccc3)C[C@H]2c2cccc3c2N1CCC3. The van der Waals surface area contributed by atoms with Crippen molar-refractivity contribution in [2.45, 2.75) is 25.3 Å². The van der Waals surface area contributed by atoms with Crippen molar-refractivity contribution in [3.05, 3.63) is 65.2 Å². The van der Waals surface area contributed by atoms with Crippen LogP contribution in [-0.2, 0) is 17.8 Å². The molecule has 2 aromatic carbocycles. The summed E-state index contributed by atoms with van der Waals surface area (Å²) in [6, 6.07) is 17.2. The highest BCUT2D eigenvalue weighted by Gasteiger charge is 2.46. The van der Waals surface area contributed by atoms with E-state index in [1.54, 1.807) is 0 Å². The summed E-state index contributed by atoms with van der Waals surface area (Å²) in [5.41, 5.74) is 5.36. The molecule has 3 aliphatic heterocycles. The minimum absolute atomic E-state index is 0.134. The van der Waals surface area contributed by atoms with Gasteiger partial charge in [-0.15, -0.1) is 0 Å². The lowest BCUT2D eigenvalue weighted by molar-refractivity contribution is -0.123. The van der Waals surface area contributed by atoms with Crippen LogP contribution in [0.15, 0.2) is 48.5 Å². The Morgan fingerprint density at radius 1 is 0.958 bits per heavy atom. The second-order valence-corrected chi connectivity index (χ2v) is 7.34. The molecular formula is C21H22N2O. The zero-order valence-electron chi connectivity index (χ0n) is 13.8. The fourth-order valence-corrected chi connectivity index (χ4v) is 4.82. The first kappa shape index (κ1) is 14.2. The van der Waals surface area contributed by atoms with Crippen LogP contribution in [0, 0.1) is 5.92 Å². The molecule has 1 amide bonds. The van der Waals surface area contributed by atoms with E-state index >= 15 is 0 Å². The number of likely N-dealkylation sites (tertiary alicyclic amines) is 1. The average Bonchev–Trinajstić information content (AvgIpc) is 3.04. The van der Waals surface area contributed by atoms with Crippen molar-refractivity contribution in [2.75, 3.05) is 24.5 Å². The number of rotatable bonds is 2. The molecule has 2 atom stereocenters. The number of nitrogens with zero attached hydrogens (tertiary/aromatic N) is 2. The van der Waals surface area contributed by atoms with E-state index in [1.165, 1.54) is 22.4 Å². The molecule has 1 saturated heterocycles. The lowest BCUT2D eigenvalue weighted by Crippen LogP contribution is -2.45. The summed E-state index contributed by atoms with van der Waals surface area (Å²) >= 11 is 0. The first-order valence-corrected chi connectivity index (χ1v) is 9.01. The molecule has 3 heteroatoms. The molecule has 5 rings (SSSR count). The number of hydrogen-bond acceptors (Lipinski definition) is 2. The van der Waals surface area contributed by atoms with E-state index < -0.39 is 0 Å². The van der Waals surface area contributed by atoms with Gasteiger partial charge in [0.25, 0.3) is 0 Å². The van der Waals surface area contributed by atoms with Crippen LogP contribution in [0.2, 0.25) is 0 Å². The van der Waals surface area contributed by atoms with Crippen LogP contribution in [0.25, 0.3) is 0 Å². The third kappa shape index (κ3) is 2.11. The van der Waals surface area contributed by atoms with Crippen molar-refractivity contribution in [3.63, 3.8) is 0 Å². The third-order valence-electron chi connectivity index (χ3n) is 5.88. The molecule has 1 fully saturated rings. The Hall–Kier alpha value is -2.13. The van der Waals surface area contributed by atoms with Gasteiger partial charge in [0.05, 0.1) is 11.6 Å². The van der Waals surface area contributed by atoms with Gasteiger partial charge in [0.1, 0.15) is 0 Å². The predicted molar refractivity (Wildman–Crippen MR) is 95.1 cm³/mol. The van der Waals surface area contributed by atoms with Gasteiger partial charge in [0, 0.05) is 32.1 Å². The van der Waals surface area contributed by atoms with E-state index in [-0.39, 0.29) is 5.92 Å². The summed E-state index contributed by atoms with van der Waals surface area (Å²) in [7, 11) is 0. The van der Waals surface area contributed by atoms with Gasteiger partial charge < -0.3 is 4.90 Å². The normalized spacial score (nSPS) is 25.5. The fraction of sp³-hybridized carbons (Fsp3) is 0.381. The molecule has 122 valence electrons. The van der Waals surface area contributed by atoms with Crippen molar-refractivity contribution in [3.8, 4) is 0 Å². The third-order valence-corrected chi connectivity index (χ3v) is 5.88. The Labute approximate surface area is 142 Å². The Morgan fingerprint density at radius 2 is 1.79 bits per heavy atom. The number of carbonyl (C=O) groups is 1. The highest BCUT2D eigenvalue weighted by Crippen LogP contribution is 2.46. The second-order valence-electron chi connectivity index (χ2n) is 7.34. The van der Waals surface area contributed by atoms with Crippen molar-refractivity contribution in [1.29, 1.82) is 0 Å². The molecule has 24 heavy (non-hydrogen) atoms. The van der Waals surface area contributed by atoms with Crippen LogP contribution < -0.4 is 4.90 Å². The lowest BCUT2D eigenvalue weighted by Gasteiger charge is -2.40. The van der Waals surface area contributed by atoms with Gasteiger partial charge in [-0.25, -0.2) is 0 Å². The summed E-state index contributed by atoms with van der Waals surface area (Å²) in [4.78, 5) is 17.6. The Bertz CT molecular complexity index is 786. The summed E-state index contributed by atoms with van der Waals surface area (Å²) in [6.45, 7) is 3.72. The number of benzene rings is 2. The maximum atomic E-state index is 13.1. The van der Waals surface area contributed by atoms with Crippen LogP contribution in [0.1, 0.15) is 29.0 Å². The fourth-order valence-electron chi connectivity index (χ4n) is 4.82. The number of aryl methyl sites for hydroxylation is 1. The Balaban J connectivity index is 1.48.